The average molecular weight is 531 g/mol. The first-order valence-corrected chi connectivity index (χ1v) is 12.8. The third kappa shape index (κ3) is 5.16. The van der Waals surface area contributed by atoms with Crippen molar-refractivity contribution in [3.05, 3.63) is 57.9 Å². The summed E-state index contributed by atoms with van der Waals surface area (Å²) in [5.41, 5.74) is 2.94. The number of carbonyl (C=O) groups excluding carboxylic acids is 1. The van der Waals surface area contributed by atoms with E-state index in [2.05, 4.69) is 58.1 Å². The number of allylic oxidation sites excluding steroid dienone is 3. The molecule has 0 bridgehead atoms. The van der Waals surface area contributed by atoms with Crippen molar-refractivity contribution in [2.24, 2.45) is 0 Å². The lowest BCUT2D eigenvalue weighted by atomic mass is 10.1. The van der Waals surface area contributed by atoms with Gasteiger partial charge in [0.1, 0.15) is 11.4 Å². The smallest absolute Gasteiger partial charge is 0.265 e. The highest BCUT2D eigenvalue weighted by molar-refractivity contribution is 6.35. The van der Waals surface area contributed by atoms with Crippen molar-refractivity contribution in [2.45, 2.75) is 39.8 Å². The number of hydrogen-bond donors (Lipinski definition) is 1. The van der Waals surface area contributed by atoms with E-state index in [1.165, 1.54) is 5.69 Å². The number of hydrogen-bond acceptors (Lipinski definition) is 7. The lowest BCUT2D eigenvalue weighted by molar-refractivity contribution is 0.0798. The molecule has 1 aromatic heterocycles. The van der Waals surface area contributed by atoms with Gasteiger partial charge in [0.25, 0.3) is 5.91 Å². The number of nitrogens with one attached hydrogen (secondary N) is 1. The fourth-order valence-corrected chi connectivity index (χ4v) is 5.15. The van der Waals surface area contributed by atoms with E-state index in [0.29, 0.717) is 45.2 Å². The summed E-state index contributed by atoms with van der Waals surface area (Å²) >= 11 is 12.6. The van der Waals surface area contributed by atoms with Crippen LogP contribution in [0.1, 0.15) is 38.1 Å². The van der Waals surface area contributed by atoms with Crippen molar-refractivity contribution >= 4 is 52.3 Å². The Hall–Kier alpha value is -2.81. The van der Waals surface area contributed by atoms with Crippen LogP contribution in [0.5, 0.6) is 0 Å². The summed E-state index contributed by atoms with van der Waals surface area (Å²) in [6.45, 7) is 10.3. The quantitative estimate of drug-likeness (QED) is 0.533. The minimum Gasteiger partial charge on any atom is -0.368 e. The Balaban J connectivity index is 1.51. The van der Waals surface area contributed by atoms with Crippen molar-refractivity contribution in [2.75, 3.05) is 49.0 Å². The van der Waals surface area contributed by atoms with Crippen molar-refractivity contribution in [1.82, 2.24) is 19.8 Å². The number of rotatable bonds is 5. The van der Waals surface area contributed by atoms with Crippen LogP contribution in [0.15, 0.2) is 52.3 Å². The van der Waals surface area contributed by atoms with Crippen molar-refractivity contribution < 1.29 is 4.79 Å². The molecule has 8 nitrogen and oxygen atoms in total. The second-order valence-corrected chi connectivity index (χ2v) is 10.4. The van der Waals surface area contributed by atoms with E-state index in [1.54, 1.807) is 31.0 Å². The van der Waals surface area contributed by atoms with E-state index in [4.69, 9.17) is 23.2 Å². The van der Waals surface area contributed by atoms with Gasteiger partial charge in [0.05, 0.1) is 17.4 Å². The topological polar surface area (TPSA) is 67.8 Å². The SMILES string of the molecule is CC=C(Cl)C(=C(C)Cl)N1CN(C)c2nc(Nc3ccc(N4CC(C)N(C)C(C)C4)cc3)ncc2C1=O. The van der Waals surface area contributed by atoms with E-state index in [0.717, 1.165) is 18.8 Å². The molecule has 2 aromatic rings. The molecule has 0 spiro atoms. The summed E-state index contributed by atoms with van der Waals surface area (Å²) in [4.78, 5) is 30.6. The first-order chi connectivity index (χ1) is 17.1. The molecule has 0 aliphatic carbocycles. The van der Waals surface area contributed by atoms with Gasteiger partial charge in [0.15, 0.2) is 0 Å². The highest BCUT2D eigenvalue weighted by Crippen LogP contribution is 2.33. The molecule has 1 amide bonds. The molecule has 2 unspecified atom stereocenters. The number of fused-ring (bicyclic) bond motifs is 1. The Labute approximate surface area is 223 Å². The zero-order valence-corrected chi connectivity index (χ0v) is 23.1. The van der Waals surface area contributed by atoms with Crippen LogP contribution >= 0.6 is 23.2 Å². The number of nitrogens with zero attached hydrogens (tertiary/aromatic N) is 6. The molecular formula is C26H33Cl2N7O. The van der Waals surface area contributed by atoms with Crippen LogP contribution < -0.4 is 15.1 Å². The van der Waals surface area contributed by atoms with E-state index in [-0.39, 0.29) is 12.6 Å². The normalized spacial score (nSPS) is 21.9. The highest BCUT2D eigenvalue weighted by Gasteiger charge is 2.33. The maximum atomic E-state index is 13.3. The van der Waals surface area contributed by atoms with Gasteiger partial charge in [-0.3, -0.25) is 14.6 Å². The molecule has 192 valence electrons. The number of halogens is 2. The number of amides is 1. The Morgan fingerprint density at radius 1 is 1.11 bits per heavy atom. The largest absolute Gasteiger partial charge is 0.368 e. The molecule has 1 N–H and O–H groups in total. The minimum atomic E-state index is -0.246. The molecule has 4 rings (SSSR count). The molecule has 0 saturated carbocycles. The number of piperazine rings is 1. The third-order valence-corrected chi connectivity index (χ3v) is 7.46. The minimum absolute atomic E-state index is 0.246. The van der Waals surface area contributed by atoms with Crippen LogP contribution in [0.25, 0.3) is 0 Å². The molecule has 1 aromatic carbocycles. The predicted molar refractivity (Wildman–Crippen MR) is 148 cm³/mol. The van der Waals surface area contributed by atoms with Gasteiger partial charge in [0, 0.05) is 54.8 Å². The van der Waals surface area contributed by atoms with Gasteiger partial charge in [0.2, 0.25) is 5.95 Å². The zero-order valence-electron chi connectivity index (χ0n) is 21.6. The van der Waals surface area contributed by atoms with Gasteiger partial charge >= 0.3 is 0 Å². The lowest BCUT2D eigenvalue weighted by Gasteiger charge is -2.43. The Morgan fingerprint density at radius 2 is 1.75 bits per heavy atom. The molecule has 2 atom stereocenters. The Kier molecular flexibility index (Phi) is 7.78. The van der Waals surface area contributed by atoms with Crippen molar-refractivity contribution in [3.8, 4) is 0 Å². The molecule has 1 fully saturated rings. The van der Waals surface area contributed by atoms with Crippen LogP contribution in [-0.4, -0.2) is 71.6 Å². The fraction of sp³-hybridized carbons (Fsp3) is 0.423. The van der Waals surface area contributed by atoms with Crippen LogP contribution in [0.2, 0.25) is 0 Å². The Bertz CT molecular complexity index is 1180. The summed E-state index contributed by atoms with van der Waals surface area (Å²) in [6.07, 6.45) is 3.26. The molecule has 36 heavy (non-hydrogen) atoms. The predicted octanol–water partition coefficient (Wildman–Crippen LogP) is 5.21. The summed E-state index contributed by atoms with van der Waals surface area (Å²) in [5, 5.41) is 4.11. The van der Waals surface area contributed by atoms with Gasteiger partial charge in [-0.15, -0.1) is 0 Å². The maximum absolute atomic E-state index is 13.3. The number of carbonyl (C=O) groups is 1. The standard InChI is InChI=1S/C26H33Cl2N7O/c1-7-22(28)23(18(4)27)35-15-32(5)24-21(25(35)36)12-29-26(31-24)30-19-8-10-20(11-9-19)34-13-16(2)33(6)17(3)14-34/h7-12,16-17H,13-15H2,1-6H3,(H,29,30,31). The van der Waals surface area contributed by atoms with Gasteiger partial charge < -0.3 is 15.1 Å². The van der Waals surface area contributed by atoms with Crippen LogP contribution in [0.3, 0.4) is 0 Å². The summed E-state index contributed by atoms with van der Waals surface area (Å²) < 4.78 is 0. The van der Waals surface area contributed by atoms with Gasteiger partial charge in [-0.2, -0.15) is 4.98 Å². The molecule has 10 heteroatoms. The second kappa shape index (κ2) is 10.7. The van der Waals surface area contributed by atoms with Gasteiger partial charge in [-0.1, -0.05) is 29.3 Å². The summed E-state index contributed by atoms with van der Waals surface area (Å²) in [6, 6.07) is 9.29. The van der Waals surface area contributed by atoms with Crippen molar-refractivity contribution in [3.63, 3.8) is 0 Å². The average Bonchev–Trinajstić information content (AvgIpc) is 2.85. The molecular weight excluding hydrogens is 497 g/mol. The monoisotopic (exact) mass is 529 g/mol. The van der Waals surface area contributed by atoms with E-state index in [9.17, 15) is 4.79 Å². The van der Waals surface area contributed by atoms with E-state index < -0.39 is 0 Å². The first-order valence-electron chi connectivity index (χ1n) is 12.0. The number of aromatic nitrogens is 2. The first kappa shape index (κ1) is 26.3. The second-order valence-electron chi connectivity index (χ2n) is 9.46. The molecule has 1 saturated heterocycles. The van der Waals surface area contributed by atoms with Crippen LogP contribution in [0.4, 0.5) is 23.1 Å². The lowest BCUT2D eigenvalue weighted by Crippen LogP contribution is -2.55. The number of benzene rings is 1. The summed E-state index contributed by atoms with van der Waals surface area (Å²) in [5.74, 6) is 0.728. The zero-order chi connectivity index (χ0) is 26.1. The molecule has 0 radical (unpaired) electrons. The van der Waals surface area contributed by atoms with E-state index >= 15 is 0 Å². The van der Waals surface area contributed by atoms with Crippen molar-refractivity contribution in [1.29, 1.82) is 0 Å². The van der Waals surface area contributed by atoms with E-state index in [1.807, 2.05) is 24.1 Å². The molecule has 2 aliphatic heterocycles. The summed E-state index contributed by atoms with van der Waals surface area (Å²) in [7, 11) is 4.05. The maximum Gasteiger partial charge on any atom is 0.265 e. The van der Waals surface area contributed by atoms with Crippen LogP contribution in [0, 0.1) is 0 Å². The van der Waals surface area contributed by atoms with Crippen LogP contribution in [-0.2, 0) is 0 Å². The third-order valence-electron chi connectivity index (χ3n) is 6.88. The fourth-order valence-electron chi connectivity index (χ4n) is 4.65. The Morgan fingerprint density at radius 3 is 2.33 bits per heavy atom. The number of anilines is 4. The van der Waals surface area contributed by atoms with Gasteiger partial charge in [-0.25, -0.2) is 4.98 Å². The van der Waals surface area contributed by atoms with Gasteiger partial charge in [-0.05, 0) is 59.0 Å². The molecule has 2 aliphatic rings. The molecule has 3 heterocycles. The number of likely N-dealkylation sites (N-methyl/N-ethyl adjacent to an activating group) is 1. The highest BCUT2D eigenvalue weighted by atomic mass is 35.5.